The standard InChI is InChI=1S/C14H24N2O3S2/c1-3-15-9-7-12-5-6-13(20-12)21(17,18)16-14(2)8-4-10-19-11-14/h5-6,15-16H,3-4,7-11H2,1-2H3. The topological polar surface area (TPSA) is 67.4 Å². The van der Waals surface area contributed by atoms with Gasteiger partial charge in [-0.3, -0.25) is 0 Å². The molecule has 0 radical (unpaired) electrons. The van der Waals surface area contributed by atoms with Gasteiger partial charge in [-0.2, -0.15) is 0 Å². The maximum Gasteiger partial charge on any atom is 0.250 e. The molecule has 0 saturated carbocycles. The fourth-order valence-electron chi connectivity index (χ4n) is 2.41. The van der Waals surface area contributed by atoms with Crippen LogP contribution in [-0.4, -0.2) is 40.3 Å². The lowest BCUT2D eigenvalue weighted by Gasteiger charge is -2.33. The average Bonchev–Trinajstić information content (AvgIpc) is 2.88. The van der Waals surface area contributed by atoms with E-state index in [1.807, 2.05) is 13.0 Å². The molecule has 1 saturated heterocycles. The molecule has 1 fully saturated rings. The highest BCUT2D eigenvalue weighted by atomic mass is 32.2. The van der Waals surface area contributed by atoms with E-state index in [0.717, 1.165) is 37.2 Å². The lowest BCUT2D eigenvalue weighted by Crippen LogP contribution is -2.51. The molecule has 2 rings (SSSR count). The molecule has 0 aromatic carbocycles. The first kappa shape index (κ1) is 16.9. The first-order chi connectivity index (χ1) is 9.95. The Morgan fingerprint density at radius 1 is 1.43 bits per heavy atom. The number of thiophene rings is 1. The summed E-state index contributed by atoms with van der Waals surface area (Å²) in [6, 6.07) is 3.59. The third-order valence-corrected chi connectivity index (χ3v) is 6.79. The Kier molecular flexibility index (Phi) is 5.79. The van der Waals surface area contributed by atoms with Gasteiger partial charge in [-0.25, -0.2) is 13.1 Å². The van der Waals surface area contributed by atoms with Crippen molar-refractivity contribution in [2.24, 2.45) is 0 Å². The van der Waals surface area contributed by atoms with E-state index in [4.69, 9.17) is 4.74 Å². The van der Waals surface area contributed by atoms with Gasteiger partial charge in [0.25, 0.3) is 10.0 Å². The van der Waals surface area contributed by atoms with E-state index in [-0.39, 0.29) is 0 Å². The number of hydrogen-bond donors (Lipinski definition) is 2. The maximum atomic E-state index is 12.5. The number of hydrogen-bond acceptors (Lipinski definition) is 5. The third-order valence-electron chi connectivity index (χ3n) is 3.52. The normalized spacial score (nSPS) is 23.3. The van der Waals surface area contributed by atoms with Crippen molar-refractivity contribution in [1.82, 2.24) is 10.0 Å². The molecular weight excluding hydrogens is 308 g/mol. The second-order valence-electron chi connectivity index (χ2n) is 5.65. The Morgan fingerprint density at radius 2 is 2.24 bits per heavy atom. The van der Waals surface area contributed by atoms with Crippen LogP contribution in [0.15, 0.2) is 16.3 Å². The summed E-state index contributed by atoms with van der Waals surface area (Å²) >= 11 is 1.35. The molecule has 1 unspecified atom stereocenters. The van der Waals surface area contributed by atoms with Gasteiger partial charge in [0.2, 0.25) is 0 Å². The van der Waals surface area contributed by atoms with Crippen LogP contribution in [0.5, 0.6) is 0 Å². The first-order valence-corrected chi connectivity index (χ1v) is 9.66. The van der Waals surface area contributed by atoms with Crippen LogP contribution in [0, 0.1) is 0 Å². The SMILES string of the molecule is CCNCCc1ccc(S(=O)(=O)NC2(C)CCCOC2)s1. The monoisotopic (exact) mass is 332 g/mol. The molecule has 1 aromatic heterocycles. The van der Waals surface area contributed by atoms with Gasteiger partial charge in [0, 0.05) is 11.5 Å². The minimum absolute atomic E-state index is 0.390. The molecule has 120 valence electrons. The summed E-state index contributed by atoms with van der Waals surface area (Å²) in [5.41, 5.74) is -0.495. The molecule has 0 bridgehead atoms. The number of nitrogens with one attached hydrogen (secondary N) is 2. The second kappa shape index (κ2) is 7.19. The fourth-order valence-corrected chi connectivity index (χ4v) is 5.19. The molecule has 1 atom stereocenters. The summed E-state index contributed by atoms with van der Waals surface area (Å²) in [6.07, 6.45) is 2.55. The van der Waals surface area contributed by atoms with Crippen LogP contribution < -0.4 is 10.0 Å². The highest BCUT2D eigenvalue weighted by Gasteiger charge is 2.33. The smallest absolute Gasteiger partial charge is 0.250 e. The van der Waals surface area contributed by atoms with Crippen molar-refractivity contribution in [3.63, 3.8) is 0 Å². The van der Waals surface area contributed by atoms with Crippen molar-refractivity contribution in [2.45, 2.75) is 42.9 Å². The van der Waals surface area contributed by atoms with Crippen molar-refractivity contribution in [3.05, 3.63) is 17.0 Å². The molecule has 2 N–H and O–H groups in total. The van der Waals surface area contributed by atoms with Gasteiger partial charge in [0.15, 0.2) is 0 Å². The molecule has 0 aliphatic carbocycles. The van der Waals surface area contributed by atoms with E-state index >= 15 is 0 Å². The predicted octanol–water partition coefficient (Wildman–Crippen LogP) is 1.75. The Balaban J connectivity index is 2.02. The van der Waals surface area contributed by atoms with Crippen molar-refractivity contribution < 1.29 is 13.2 Å². The lowest BCUT2D eigenvalue weighted by molar-refractivity contribution is 0.0387. The molecule has 5 nitrogen and oxygen atoms in total. The molecule has 0 spiro atoms. The Bertz CT molecular complexity index is 548. The van der Waals surface area contributed by atoms with E-state index < -0.39 is 15.6 Å². The van der Waals surface area contributed by atoms with Crippen LogP contribution in [0.1, 0.15) is 31.6 Å². The van der Waals surface area contributed by atoms with Gasteiger partial charge in [-0.1, -0.05) is 6.92 Å². The zero-order valence-electron chi connectivity index (χ0n) is 12.6. The number of ether oxygens (including phenoxy) is 1. The molecule has 2 heterocycles. The van der Waals surface area contributed by atoms with Gasteiger partial charge in [-0.05, 0) is 51.4 Å². The largest absolute Gasteiger partial charge is 0.380 e. The summed E-state index contributed by atoms with van der Waals surface area (Å²) in [6.45, 7) is 6.91. The summed E-state index contributed by atoms with van der Waals surface area (Å²) in [5.74, 6) is 0. The minimum Gasteiger partial charge on any atom is -0.380 e. The Morgan fingerprint density at radius 3 is 2.90 bits per heavy atom. The molecule has 21 heavy (non-hydrogen) atoms. The number of sulfonamides is 1. The molecule has 1 aliphatic heterocycles. The van der Waals surface area contributed by atoms with Gasteiger partial charge in [0.05, 0.1) is 12.1 Å². The zero-order valence-corrected chi connectivity index (χ0v) is 14.3. The number of likely N-dealkylation sites (N-methyl/N-ethyl adjacent to an activating group) is 1. The van der Waals surface area contributed by atoms with Crippen LogP contribution in [0.2, 0.25) is 0 Å². The van der Waals surface area contributed by atoms with Crippen LogP contribution in [0.4, 0.5) is 0 Å². The quantitative estimate of drug-likeness (QED) is 0.747. The fraction of sp³-hybridized carbons (Fsp3) is 0.714. The molecule has 1 aliphatic rings. The van der Waals surface area contributed by atoms with E-state index in [2.05, 4.69) is 17.0 Å². The summed E-state index contributed by atoms with van der Waals surface area (Å²) < 4.78 is 33.6. The summed E-state index contributed by atoms with van der Waals surface area (Å²) in [5, 5.41) is 3.24. The van der Waals surface area contributed by atoms with E-state index in [1.165, 1.54) is 11.3 Å². The first-order valence-electron chi connectivity index (χ1n) is 7.36. The van der Waals surface area contributed by atoms with Crippen molar-refractivity contribution in [3.8, 4) is 0 Å². The average molecular weight is 332 g/mol. The second-order valence-corrected chi connectivity index (χ2v) is 8.72. The van der Waals surface area contributed by atoms with E-state index in [0.29, 0.717) is 17.4 Å². The van der Waals surface area contributed by atoms with E-state index in [9.17, 15) is 8.42 Å². The Labute approximate surface area is 131 Å². The maximum absolute atomic E-state index is 12.5. The van der Waals surface area contributed by atoms with Gasteiger partial charge in [-0.15, -0.1) is 11.3 Å². The number of rotatable bonds is 7. The van der Waals surface area contributed by atoms with Crippen molar-refractivity contribution >= 4 is 21.4 Å². The van der Waals surface area contributed by atoms with Gasteiger partial charge < -0.3 is 10.1 Å². The zero-order chi connectivity index (χ0) is 15.3. The highest BCUT2D eigenvalue weighted by molar-refractivity contribution is 7.91. The molecular formula is C14H24N2O3S2. The summed E-state index contributed by atoms with van der Waals surface area (Å²) in [4.78, 5) is 1.08. The highest BCUT2D eigenvalue weighted by Crippen LogP contribution is 2.26. The van der Waals surface area contributed by atoms with Crippen LogP contribution >= 0.6 is 11.3 Å². The van der Waals surface area contributed by atoms with Gasteiger partial charge >= 0.3 is 0 Å². The van der Waals surface area contributed by atoms with Gasteiger partial charge in [0.1, 0.15) is 4.21 Å². The van der Waals surface area contributed by atoms with Crippen LogP contribution in [0.25, 0.3) is 0 Å². The molecule has 1 aromatic rings. The Hall–Kier alpha value is -0.470. The lowest BCUT2D eigenvalue weighted by atomic mass is 9.97. The van der Waals surface area contributed by atoms with Crippen LogP contribution in [0.3, 0.4) is 0 Å². The predicted molar refractivity (Wildman–Crippen MR) is 85.3 cm³/mol. The summed E-state index contributed by atoms with van der Waals surface area (Å²) in [7, 11) is -3.46. The minimum atomic E-state index is -3.46. The molecule has 0 amide bonds. The van der Waals surface area contributed by atoms with E-state index in [1.54, 1.807) is 6.07 Å². The van der Waals surface area contributed by atoms with Crippen molar-refractivity contribution in [1.29, 1.82) is 0 Å². The van der Waals surface area contributed by atoms with Crippen LogP contribution in [-0.2, 0) is 21.2 Å². The van der Waals surface area contributed by atoms with Crippen molar-refractivity contribution in [2.75, 3.05) is 26.3 Å². The molecule has 7 heteroatoms. The third kappa shape index (κ3) is 4.75.